The van der Waals surface area contributed by atoms with Crippen LogP contribution >= 0.6 is 11.6 Å². The Hall–Kier alpha value is -2.47. The Morgan fingerprint density at radius 1 is 1.06 bits per heavy atom. The van der Waals surface area contributed by atoms with Crippen molar-refractivity contribution < 1.29 is 27.9 Å². The molecule has 2 heterocycles. The van der Waals surface area contributed by atoms with E-state index in [2.05, 4.69) is 9.62 Å². The van der Waals surface area contributed by atoms with Crippen LogP contribution in [-0.4, -0.2) is 73.9 Å². The van der Waals surface area contributed by atoms with Gasteiger partial charge >= 0.3 is 0 Å². The lowest BCUT2D eigenvalue weighted by molar-refractivity contribution is -0.164. The van der Waals surface area contributed by atoms with Crippen molar-refractivity contribution in [3.63, 3.8) is 0 Å². The van der Waals surface area contributed by atoms with E-state index in [1.165, 1.54) is 24.3 Å². The van der Waals surface area contributed by atoms with Crippen LogP contribution in [0.4, 0.5) is 0 Å². The van der Waals surface area contributed by atoms with E-state index >= 15 is 0 Å². The summed E-state index contributed by atoms with van der Waals surface area (Å²) in [6.45, 7) is 6.09. The highest BCUT2D eigenvalue weighted by Gasteiger charge is 2.32. The summed E-state index contributed by atoms with van der Waals surface area (Å²) >= 11 is 5.88. The van der Waals surface area contributed by atoms with E-state index in [4.69, 9.17) is 21.1 Å². The molecule has 2 aliphatic rings. The van der Waals surface area contributed by atoms with Crippen molar-refractivity contribution in [3.05, 3.63) is 65.2 Å². The van der Waals surface area contributed by atoms with E-state index in [0.717, 1.165) is 18.7 Å². The highest BCUT2D eigenvalue weighted by molar-refractivity contribution is 7.89. The molecular weight excluding hydrogens is 506 g/mol. The minimum Gasteiger partial charge on any atom is -0.457 e. The fraction of sp³-hybridized carbons (Fsp3) is 0.400. The third kappa shape index (κ3) is 6.84. The maximum Gasteiger partial charge on any atom is 0.264 e. The summed E-state index contributed by atoms with van der Waals surface area (Å²) in [5.41, 5.74) is 0.845. The Kier molecular flexibility index (Phi) is 8.34. The monoisotopic (exact) mass is 535 g/mol. The lowest BCUT2D eigenvalue weighted by Gasteiger charge is -2.35. The van der Waals surface area contributed by atoms with Gasteiger partial charge in [-0.05, 0) is 74.4 Å². The Labute approximate surface area is 216 Å². The molecule has 2 aliphatic heterocycles. The molecule has 1 saturated heterocycles. The van der Waals surface area contributed by atoms with Crippen LogP contribution in [0.15, 0.2) is 65.1 Å². The van der Waals surface area contributed by atoms with Gasteiger partial charge < -0.3 is 9.47 Å². The number of carbonyl (C=O) groups is 1. The summed E-state index contributed by atoms with van der Waals surface area (Å²) in [7, 11) is -4.02. The van der Waals surface area contributed by atoms with Crippen molar-refractivity contribution >= 4 is 27.5 Å². The Bertz CT molecular complexity index is 1190. The van der Waals surface area contributed by atoms with E-state index in [0.29, 0.717) is 28.1 Å². The molecule has 0 spiro atoms. The van der Waals surface area contributed by atoms with Crippen LogP contribution in [0.1, 0.15) is 20.3 Å². The molecule has 1 amide bonds. The molecular formula is C25H30ClN3O6S. The molecule has 2 aromatic rings. The largest absolute Gasteiger partial charge is 0.457 e. The number of morpholine rings is 1. The number of rotatable bonds is 7. The highest BCUT2D eigenvalue weighted by atomic mass is 35.5. The van der Waals surface area contributed by atoms with Crippen molar-refractivity contribution in [2.75, 3.05) is 26.2 Å². The normalized spacial score (nSPS) is 23.8. The van der Waals surface area contributed by atoms with Crippen LogP contribution < -0.4 is 9.46 Å². The standard InChI is InChI=1S/C25H30ClN3O6S/c1-17-13-28(14-18(2)34-17)15-19-3-12-24(25(30)29(31)16-19)27-36(32,33)23-10-8-22(9-11-23)35-21-6-4-20(26)5-7-21/h3-11,17-18,24,27,31H,12-16H2,1-2H3. The number of nitrogens with zero attached hydrogens (tertiary/aromatic N) is 2. The predicted molar refractivity (Wildman–Crippen MR) is 135 cm³/mol. The summed E-state index contributed by atoms with van der Waals surface area (Å²) in [4.78, 5) is 14.9. The number of halogens is 1. The number of hydroxylamine groups is 2. The molecule has 0 radical (unpaired) electrons. The van der Waals surface area contributed by atoms with Gasteiger partial charge in [0, 0.05) is 24.7 Å². The van der Waals surface area contributed by atoms with Crippen molar-refractivity contribution in [2.45, 2.75) is 43.4 Å². The molecule has 9 nitrogen and oxygen atoms in total. The van der Waals surface area contributed by atoms with Crippen LogP contribution in [-0.2, 0) is 19.6 Å². The predicted octanol–water partition coefficient (Wildman–Crippen LogP) is 3.44. The number of carbonyl (C=O) groups excluding carboxylic acids is 1. The third-order valence-corrected chi connectivity index (χ3v) is 7.69. The summed E-state index contributed by atoms with van der Waals surface area (Å²) in [6, 6.07) is 11.5. The number of sulfonamides is 1. The first-order valence-corrected chi connectivity index (χ1v) is 13.6. The lowest BCUT2D eigenvalue weighted by Crippen LogP contribution is -2.47. The van der Waals surface area contributed by atoms with Gasteiger partial charge in [0.25, 0.3) is 5.91 Å². The fourth-order valence-corrected chi connectivity index (χ4v) is 5.72. The van der Waals surface area contributed by atoms with E-state index in [9.17, 15) is 18.4 Å². The summed E-state index contributed by atoms with van der Waals surface area (Å²) < 4.78 is 39.9. The van der Waals surface area contributed by atoms with E-state index in [-0.39, 0.29) is 30.1 Å². The van der Waals surface area contributed by atoms with Gasteiger partial charge in [-0.15, -0.1) is 0 Å². The average Bonchev–Trinajstić information content (AvgIpc) is 2.94. The number of benzene rings is 2. The van der Waals surface area contributed by atoms with Gasteiger partial charge in [-0.2, -0.15) is 4.72 Å². The summed E-state index contributed by atoms with van der Waals surface area (Å²) in [5, 5.41) is 11.5. The number of hydrogen-bond donors (Lipinski definition) is 2. The van der Waals surface area contributed by atoms with Gasteiger partial charge in [-0.25, -0.2) is 13.5 Å². The van der Waals surface area contributed by atoms with E-state index in [1.54, 1.807) is 24.3 Å². The second-order valence-corrected chi connectivity index (χ2v) is 11.3. The van der Waals surface area contributed by atoms with Gasteiger partial charge in [0.2, 0.25) is 10.0 Å². The quantitative estimate of drug-likeness (QED) is 0.413. The summed E-state index contributed by atoms with van der Waals surface area (Å²) in [6.07, 6.45) is 2.15. The first-order valence-electron chi connectivity index (χ1n) is 11.7. The third-order valence-electron chi connectivity index (χ3n) is 5.95. The van der Waals surface area contributed by atoms with Gasteiger partial charge in [0.1, 0.15) is 17.5 Å². The van der Waals surface area contributed by atoms with E-state index in [1.807, 2.05) is 19.9 Å². The van der Waals surface area contributed by atoms with Gasteiger partial charge in [-0.1, -0.05) is 17.7 Å². The second-order valence-electron chi connectivity index (χ2n) is 9.15. The number of hydrogen-bond acceptors (Lipinski definition) is 7. The molecule has 1 fully saturated rings. The Morgan fingerprint density at radius 2 is 1.64 bits per heavy atom. The first-order chi connectivity index (χ1) is 17.1. The average molecular weight is 536 g/mol. The van der Waals surface area contributed by atoms with Gasteiger partial charge in [-0.3, -0.25) is 14.9 Å². The second kappa shape index (κ2) is 11.3. The zero-order valence-electron chi connectivity index (χ0n) is 20.1. The molecule has 0 bridgehead atoms. The molecule has 0 aromatic heterocycles. The molecule has 2 aromatic carbocycles. The van der Waals surface area contributed by atoms with Crippen LogP contribution in [0.25, 0.3) is 0 Å². The maximum atomic E-state index is 13.0. The summed E-state index contributed by atoms with van der Waals surface area (Å²) in [5.74, 6) is 0.308. The van der Waals surface area contributed by atoms with Crippen LogP contribution in [0.2, 0.25) is 5.02 Å². The van der Waals surface area contributed by atoms with Crippen molar-refractivity contribution in [3.8, 4) is 11.5 Å². The van der Waals surface area contributed by atoms with Gasteiger partial charge in [0.15, 0.2) is 0 Å². The van der Waals surface area contributed by atoms with Crippen LogP contribution in [0.5, 0.6) is 11.5 Å². The minimum atomic E-state index is -4.02. The topological polar surface area (TPSA) is 108 Å². The Balaban J connectivity index is 1.41. The van der Waals surface area contributed by atoms with Crippen LogP contribution in [0, 0.1) is 0 Å². The fourth-order valence-electron chi connectivity index (χ4n) is 4.39. The number of nitrogens with one attached hydrogen (secondary N) is 1. The molecule has 11 heteroatoms. The first kappa shape index (κ1) is 26.6. The Morgan fingerprint density at radius 3 is 2.25 bits per heavy atom. The van der Waals surface area contributed by atoms with Crippen molar-refractivity contribution in [1.29, 1.82) is 0 Å². The molecule has 4 rings (SSSR count). The zero-order valence-corrected chi connectivity index (χ0v) is 21.7. The molecule has 3 unspecified atom stereocenters. The SMILES string of the molecule is CC1CN(CC2=CCC(NS(=O)(=O)c3ccc(Oc4ccc(Cl)cc4)cc3)C(=O)N(O)C2)CC(C)O1. The van der Waals surface area contributed by atoms with E-state index < -0.39 is 22.0 Å². The maximum absolute atomic E-state index is 13.0. The molecule has 3 atom stereocenters. The van der Waals surface area contributed by atoms with Crippen molar-refractivity contribution in [2.24, 2.45) is 0 Å². The highest BCUT2D eigenvalue weighted by Crippen LogP contribution is 2.25. The molecule has 194 valence electrons. The smallest absolute Gasteiger partial charge is 0.264 e. The molecule has 0 aliphatic carbocycles. The molecule has 2 N–H and O–H groups in total. The number of ether oxygens (including phenoxy) is 2. The minimum absolute atomic E-state index is 0.0204. The number of amides is 1. The lowest BCUT2D eigenvalue weighted by atomic mass is 10.1. The molecule has 0 saturated carbocycles. The van der Waals surface area contributed by atoms with Crippen LogP contribution in [0.3, 0.4) is 0 Å². The molecule has 36 heavy (non-hydrogen) atoms. The van der Waals surface area contributed by atoms with Crippen molar-refractivity contribution in [1.82, 2.24) is 14.7 Å². The van der Waals surface area contributed by atoms with Gasteiger partial charge in [0.05, 0.1) is 23.6 Å². The zero-order chi connectivity index (χ0) is 25.9.